The molecule has 1 aromatic carbocycles. The van der Waals surface area contributed by atoms with Crippen molar-refractivity contribution in [1.82, 2.24) is 5.32 Å². The Morgan fingerprint density at radius 1 is 1.25 bits per heavy atom. The molecule has 0 aliphatic carbocycles. The summed E-state index contributed by atoms with van der Waals surface area (Å²) in [6.07, 6.45) is 2.95. The van der Waals surface area contributed by atoms with Crippen molar-refractivity contribution < 1.29 is 0 Å². The zero-order chi connectivity index (χ0) is 14.8. The SMILES string of the molecule is CCCCN=C(N=C(N)N)NCCc1ccc(Cl)cc1. The highest BCUT2D eigenvalue weighted by molar-refractivity contribution is 6.30. The number of hydrogen-bond donors (Lipinski definition) is 3. The molecule has 0 fully saturated rings. The highest BCUT2D eigenvalue weighted by Crippen LogP contribution is 2.09. The number of nitrogens with one attached hydrogen (secondary N) is 1. The molecule has 6 heteroatoms. The Morgan fingerprint density at radius 2 is 1.95 bits per heavy atom. The van der Waals surface area contributed by atoms with E-state index in [9.17, 15) is 0 Å². The third kappa shape index (κ3) is 6.99. The summed E-state index contributed by atoms with van der Waals surface area (Å²) in [5.74, 6) is 0.506. The lowest BCUT2D eigenvalue weighted by Gasteiger charge is -2.06. The average Bonchev–Trinajstić information content (AvgIpc) is 2.40. The van der Waals surface area contributed by atoms with Gasteiger partial charge in [0.25, 0.3) is 0 Å². The van der Waals surface area contributed by atoms with Crippen molar-refractivity contribution in [2.24, 2.45) is 21.5 Å². The molecule has 0 atom stereocenters. The minimum atomic E-state index is 0.0132. The second-order valence-electron chi connectivity index (χ2n) is 4.40. The van der Waals surface area contributed by atoms with Crippen LogP contribution in [0.2, 0.25) is 5.02 Å². The first-order valence-corrected chi connectivity index (χ1v) is 7.12. The highest BCUT2D eigenvalue weighted by atomic mass is 35.5. The van der Waals surface area contributed by atoms with Gasteiger partial charge >= 0.3 is 0 Å². The molecular formula is C14H22ClN5. The third-order valence-corrected chi connectivity index (χ3v) is 2.87. The van der Waals surface area contributed by atoms with Crippen LogP contribution in [-0.4, -0.2) is 25.0 Å². The van der Waals surface area contributed by atoms with Crippen molar-refractivity contribution in [3.8, 4) is 0 Å². The van der Waals surface area contributed by atoms with Crippen LogP contribution in [0.4, 0.5) is 0 Å². The quantitative estimate of drug-likeness (QED) is 0.425. The van der Waals surface area contributed by atoms with Gasteiger partial charge in [0, 0.05) is 18.1 Å². The Kier molecular flexibility index (Phi) is 7.50. The Hall–Kier alpha value is -1.75. The van der Waals surface area contributed by atoms with E-state index in [0.29, 0.717) is 12.5 Å². The van der Waals surface area contributed by atoms with Crippen molar-refractivity contribution in [3.63, 3.8) is 0 Å². The molecule has 0 heterocycles. The van der Waals surface area contributed by atoms with Crippen LogP contribution >= 0.6 is 11.6 Å². The van der Waals surface area contributed by atoms with Gasteiger partial charge in [-0.15, -0.1) is 0 Å². The molecule has 5 N–H and O–H groups in total. The van der Waals surface area contributed by atoms with E-state index in [0.717, 1.165) is 30.8 Å². The Morgan fingerprint density at radius 3 is 2.55 bits per heavy atom. The van der Waals surface area contributed by atoms with Crippen molar-refractivity contribution >= 4 is 23.5 Å². The predicted octanol–water partition coefficient (Wildman–Crippen LogP) is 1.90. The molecule has 0 aromatic heterocycles. The lowest BCUT2D eigenvalue weighted by molar-refractivity contribution is 0.791. The van der Waals surface area contributed by atoms with Gasteiger partial charge in [0.15, 0.2) is 5.96 Å². The third-order valence-electron chi connectivity index (χ3n) is 2.62. The van der Waals surface area contributed by atoms with Gasteiger partial charge in [-0.3, -0.25) is 4.99 Å². The van der Waals surface area contributed by atoms with Gasteiger partial charge in [-0.1, -0.05) is 37.1 Å². The summed E-state index contributed by atoms with van der Waals surface area (Å²) in [5.41, 5.74) is 12.0. The molecular weight excluding hydrogens is 274 g/mol. The van der Waals surface area contributed by atoms with E-state index >= 15 is 0 Å². The van der Waals surface area contributed by atoms with Gasteiger partial charge < -0.3 is 16.8 Å². The van der Waals surface area contributed by atoms with E-state index < -0.39 is 0 Å². The van der Waals surface area contributed by atoms with Crippen LogP contribution in [0, 0.1) is 0 Å². The van der Waals surface area contributed by atoms with E-state index in [-0.39, 0.29) is 5.96 Å². The first-order chi connectivity index (χ1) is 9.61. The fraction of sp³-hybridized carbons (Fsp3) is 0.429. The van der Waals surface area contributed by atoms with Gasteiger partial charge in [0.1, 0.15) is 0 Å². The lowest BCUT2D eigenvalue weighted by atomic mass is 10.1. The molecule has 0 amide bonds. The Bertz CT molecular complexity index is 449. The standard InChI is InChI=1S/C14H22ClN5/c1-2-3-9-18-14(20-13(16)17)19-10-8-11-4-6-12(15)7-5-11/h4-7H,2-3,8-10H2,1H3,(H5,16,17,18,19,20). The maximum absolute atomic E-state index is 5.84. The predicted molar refractivity (Wildman–Crippen MR) is 86.2 cm³/mol. The van der Waals surface area contributed by atoms with E-state index in [1.807, 2.05) is 24.3 Å². The number of nitrogens with zero attached hydrogens (tertiary/aromatic N) is 2. The number of aliphatic imine (C=N–C) groups is 2. The zero-order valence-corrected chi connectivity index (χ0v) is 12.5. The first-order valence-electron chi connectivity index (χ1n) is 6.74. The summed E-state index contributed by atoms with van der Waals surface area (Å²) < 4.78 is 0. The highest BCUT2D eigenvalue weighted by Gasteiger charge is 1.98. The van der Waals surface area contributed by atoms with Gasteiger partial charge in [0.2, 0.25) is 5.96 Å². The van der Waals surface area contributed by atoms with Crippen LogP contribution in [0.25, 0.3) is 0 Å². The van der Waals surface area contributed by atoms with E-state index in [2.05, 4.69) is 22.2 Å². The van der Waals surface area contributed by atoms with Gasteiger partial charge in [-0.05, 0) is 30.5 Å². The van der Waals surface area contributed by atoms with Crippen molar-refractivity contribution in [2.75, 3.05) is 13.1 Å². The van der Waals surface area contributed by atoms with Crippen LogP contribution in [0.5, 0.6) is 0 Å². The van der Waals surface area contributed by atoms with Gasteiger partial charge in [-0.25, -0.2) is 0 Å². The van der Waals surface area contributed by atoms with Crippen LogP contribution in [0.1, 0.15) is 25.3 Å². The number of guanidine groups is 2. The molecule has 5 nitrogen and oxygen atoms in total. The number of unbranched alkanes of at least 4 members (excludes halogenated alkanes) is 1. The Labute approximate surface area is 125 Å². The van der Waals surface area contributed by atoms with Crippen LogP contribution in [0.3, 0.4) is 0 Å². The van der Waals surface area contributed by atoms with E-state index in [1.54, 1.807) is 0 Å². The molecule has 0 aliphatic rings. The van der Waals surface area contributed by atoms with Gasteiger partial charge in [0.05, 0.1) is 0 Å². The van der Waals surface area contributed by atoms with Crippen LogP contribution < -0.4 is 16.8 Å². The van der Waals surface area contributed by atoms with Crippen molar-refractivity contribution in [1.29, 1.82) is 0 Å². The molecule has 1 rings (SSSR count). The number of nitrogens with two attached hydrogens (primary N) is 2. The molecule has 0 unspecified atom stereocenters. The minimum absolute atomic E-state index is 0.0132. The summed E-state index contributed by atoms with van der Waals surface area (Å²) in [6, 6.07) is 7.75. The second kappa shape index (κ2) is 9.20. The van der Waals surface area contributed by atoms with Crippen LogP contribution in [-0.2, 0) is 6.42 Å². The summed E-state index contributed by atoms with van der Waals surface area (Å²) in [5, 5.41) is 3.88. The summed E-state index contributed by atoms with van der Waals surface area (Å²) in [6.45, 7) is 3.55. The largest absolute Gasteiger partial charge is 0.370 e. The van der Waals surface area contributed by atoms with E-state index in [1.165, 1.54) is 5.56 Å². The van der Waals surface area contributed by atoms with Crippen molar-refractivity contribution in [3.05, 3.63) is 34.9 Å². The smallest absolute Gasteiger partial charge is 0.221 e. The first kappa shape index (κ1) is 16.3. The molecule has 0 saturated carbocycles. The molecule has 1 aromatic rings. The lowest BCUT2D eigenvalue weighted by Crippen LogP contribution is -2.31. The summed E-state index contributed by atoms with van der Waals surface area (Å²) >= 11 is 5.84. The number of halogens is 1. The monoisotopic (exact) mass is 295 g/mol. The zero-order valence-electron chi connectivity index (χ0n) is 11.8. The molecule has 0 aliphatic heterocycles. The molecule has 110 valence electrons. The number of benzene rings is 1. The van der Waals surface area contributed by atoms with Gasteiger partial charge in [-0.2, -0.15) is 4.99 Å². The normalized spacial score (nSPS) is 11.2. The maximum Gasteiger partial charge on any atom is 0.221 e. The fourth-order valence-corrected chi connectivity index (χ4v) is 1.69. The molecule has 20 heavy (non-hydrogen) atoms. The maximum atomic E-state index is 5.84. The summed E-state index contributed by atoms with van der Waals surface area (Å²) in [7, 11) is 0. The minimum Gasteiger partial charge on any atom is -0.370 e. The van der Waals surface area contributed by atoms with Crippen molar-refractivity contribution in [2.45, 2.75) is 26.2 Å². The fourth-order valence-electron chi connectivity index (χ4n) is 1.57. The molecule has 0 saturated heterocycles. The second-order valence-corrected chi connectivity index (χ2v) is 4.84. The topological polar surface area (TPSA) is 88.8 Å². The molecule has 0 radical (unpaired) electrons. The number of hydrogen-bond acceptors (Lipinski definition) is 1. The summed E-state index contributed by atoms with van der Waals surface area (Å²) in [4.78, 5) is 8.32. The average molecular weight is 296 g/mol. The number of rotatable bonds is 6. The molecule has 0 spiro atoms. The van der Waals surface area contributed by atoms with Crippen LogP contribution in [0.15, 0.2) is 34.3 Å². The van der Waals surface area contributed by atoms with E-state index in [4.69, 9.17) is 23.1 Å². The Balaban J connectivity index is 2.47. The molecule has 0 bridgehead atoms.